The Balaban J connectivity index is 3.10. The first-order chi connectivity index (χ1) is 11.1. The number of amides is 2. The van der Waals surface area contributed by atoms with Crippen molar-refractivity contribution in [3.8, 4) is 0 Å². The van der Waals surface area contributed by atoms with E-state index in [2.05, 4.69) is 0 Å². The Hall–Kier alpha value is -1.76. The van der Waals surface area contributed by atoms with Crippen molar-refractivity contribution < 1.29 is 22.8 Å². The van der Waals surface area contributed by atoms with E-state index in [9.17, 15) is 22.8 Å². The fourth-order valence-corrected chi connectivity index (χ4v) is 2.53. The molecule has 0 atom stereocenters. The minimum atomic E-state index is -4.66. The number of benzene rings is 1. The standard InChI is InChI=1S/C16H20ClF3N2O2/c1-4-21(5-2)15(24)8-9-22(11(3)23)14-7-6-12(17)10-13(14)16(18,19)20/h6-7,10H,4-5,8-9H2,1-3H3. The fraction of sp³-hybridized carbons (Fsp3) is 0.500. The molecule has 0 saturated carbocycles. The normalized spacial score (nSPS) is 11.3. The molecule has 8 heteroatoms. The van der Waals surface area contributed by atoms with Crippen molar-refractivity contribution >= 4 is 29.1 Å². The van der Waals surface area contributed by atoms with E-state index in [0.717, 1.165) is 24.0 Å². The molecule has 1 aromatic carbocycles. The van der Waals surface area contributed by atoms with Gasteiger partial charge in [-0.3, -0.25) is 9.59 Å². The highest BCUT2D eigenvalue weighted by Crippen LogP contribution is 2.38. The SMILES string of the molecule is CCN(CC)C(=O)CCN(C(C)=O)c1ccc(Cl)cc1C(F)(F)F. The second-order valence-corrected chi connectivity index (χ2v) is 5.58. The molecule has 4 nitrogen and oxygen atoms in total. The second-order valence-electron chi connectivity index (χ2n) is 5.15. The summed E-state index contributed by atoms with van der Waals surface area (Å²) in [6.45, 7) is 5.66. The number of hydrogen-bond acceptors (Lipinski definition) is 2. The summed E-state index contributed by atoms with van der Waals surface area (Å²) in [4.78, 5) is 26.4. The van der Waals surface area contributed by atoms with E-state index in [1.165, 1.54) is 6.07 Å². The number of alkyl halides is 3. The van der Waals surface area contributed by atoms with E-state index in [4.69, 9.17) is 11.6 Å². The van der Waals surface area contributed by atoms with Crippen LogP contribution in [0.2, 0.25) is 5.02 Å². The molecular formula is C16H20ClF3N2O2. The molecule has 0 aliphatic rings. The maximum absolute atomic E-state index is 13.2. The van der Waals surface area contributed by atoms with Crippen LogP contribution in [0.3, 0.4) is 0 Å². The highest BCUT2D eigenvalue weighted by atomic mass is 35.5. The lowest BCUT2D eigenvalue weighted by Crippen LogP contribution is -2.37. The van der Waals surface area contributed by atoms with Gasteiger partial charge in [-0.2, -0.15) is 13.2 Å². The number of anilines is 1. The van der Waals surface area contributed by atoms with Crippen LogP contribution in [0.15, 0.2) is 18.2 Å². The smallest absolute Gasteiger partial charge is 0.343 e. The fourth-order valence-electron chi connectivity index (χ4n) is 2.36. The van der Waals surface area contributed by atoms with Crippen molar-refractivity contribution in [2.75, 3.05) is 24.5 Å². The van der Waals surface area contributed by atoms with Gasteiger partial charge < -0.3 is 9.80 Å². The zero-order chi connectivity index (χ0) is 18.5. The Kier molecular flexibility index (Phi) is 7.08. The monoisotopic (exact) mass is 364 g/mol. The minimum absolute atomic E-state index is 0.0544. The average molecular weight is 365 g/mol. The Morgan fingerprint density at radius 2 is 1.75 bits per heavy atom. The maximum Gasteiger partial charge on any atom is 0.418 e. The van der Waals surface area contributed by atoms with Gasteiger partial charge in [0.25, 0.3) is 0 Å². The maximum atomic E-state index is 13.2. The molecule has 0 heterocycles. The molecule has 0 aliphatic carbocycles. The number of carbonyl (C=O) groups is 2. The van der Waals surface area contributed by atoms with E-state index in [0.29, 0.717) is 13.1 Å². The van der Waals surface area contributed by atoms with E-state index in [1.807, 2.05) is 13.8 Å². The summed E-state index contributed by atoms with van der Waals surface area (Å²) in [7, 11) is 0. The molecular weight excluding hydrogens is 345 g/mol. The van der Waals surface area contributed by atoms with Crippen LogP contribution >= 0.6 is 11.6 Å². The van der Waals surface area contributed by atoms with Crippen molar-refractivity contribution in [1.82, 2.24) is 4.90 Å². The first-order valence-corrected chi connectivity index (χ1v) is 7.92. The van der Waals surface area contributed by atoms with Crippen LogP contribution in [-0.4, -0.2) is 36.3 Å². The molecule has 0 bridgehead atoms. The first-order valence-electron chi connectivity index (χ1n) is 7.54. The van der Waals surface area contributed by atoms with Gasteiger partial charge in [-0.1, -0.05) is 11.6 Å². The number of carbonyl (C=O) groups excluding carboxylic acids is 2. The highest BCUT2D eigenvalue weighted by molar-refractivity contribution is 6.30. The Morgan fingerprint density at radius 1 is 1.17 bits per heavy atom. The van der Waals surface area contributed by atoms with E-state index in [1.54, 1.807) is 4.90 Å². The topological polar surface area (TPSA) is 40.6 Å². The molecule has 1 aromatic rings. The largest absolute Gasteiger partial charge is 0.418 e. The molecule has 0 aliphatic heterocycles. The molecule has 134 valence electrons. The lowest BCUT2D eigenvalue weighted by Gasteiger charge is -2.26. The van der Waals surface area contributed by atoms with E-state index >= 15 is 0 Å². The zero-order valence-corrected chi connectivity index (χ0v) is 14.5. The van der Waals surface area contributed by atoms with Crippen LogP contribution in [0.25, 0.3) is 0 Å². The van der Waals surface area contributed by atoms with Crippen molar-refractivity contribution in [2.24, 2.45) is 0 Å². The Labute approximate surface area is 144 Å². The van der Waals surface area contributed by atoms with Gasteiger partial charge in [0, 0.05) is 38.0 Å². The van der Waals surface area contributed by atoms with Gasteiger partial charge in [0.1, 0.15) is 0 Å². The summed E-state index contributed by atoms with van der Waals surface area (Å²) in [5.74, 6) is -0.788. The quantitative estimate of drug-likeness (QED) is 0.766. The molecule has 0 fully saturated rings. The lowest BCUT2D eigenvalue weighted by atomic mass is 10.1. The van der Waals surface area contributed by atoms with Crippen molar-refractivity contribution in [3.05, 3.63) is 28.8 Å². The van der Waals surface area contributed by atoms with Gasteiger partial charge in [0.2, 0.25) is 11.8 Å². The van der Waals surface area contributed by atoms with Crippen LogP contribution in [-0.2, 0) is 15.8 Å². The molecule has 0 aromatic heterocycles. The van der Waals surface area contributed by atoms with Gasteiger partial charge in [-0.15, -0.1) is 0 Å². The van der Waals surface area contributed by atoms with Crippen LogP contribution in [0.1, 0.15) is 32.8 Å². The third-order valence-electron chi connectivity index (χ3n) is 3.60. The Bertz CT molecular complexity index is 601. The summed E-state index contributed by atoms with van der Waals surface area (Å²) in [6.07, 6.45) is -4.71. The van der Waals surface area contributed by atoms with Crippen LogP contribution in [0.4, 0.5) is 18.9 Å². The molecule has 1 rings (SSSR count). The first kappa shape index (κ1) is 20.3. The lowest BCUT2D eigenvalue weighted by molar-refractivity contribution is -0.137. The Morgan fingerprint density at radius 3 is 2.21 bits per heavy atom. The molecule has 2 amide bonds. The van der Waals surface area contributed by atoms with E-state index in [-0.39, 0.29) is 29.6 Å². The number of nitrogens with zero attached hydrogens (tertiary/aromatic N) is 2. The number of rotatable bonds is 6. The van der Waals surface area contributed by atoms with Crippen LogP contribution in [0.5, 0.6) is 0 Å². The summed E-state index contributed by atoms with van der Waals surface area (Å²) >= 11 is 5.65. The molecule has 0 unspecified atom stereocenters. The summed E-state index contributed by atoms with van der Waals surface area (Å²) in [6, 6.07) is 3.21. The van der Waals surface area contributed by atoms with Crippen molar-refractivity contribution in [1.29, 1.82) is 0 Å². The molecule has 0 N–H and O–H groups in total. The van der Waals surface area contributed by atoms with Gasteiger partial charge >= 0.3 is 6.18 Å². The van der Waals surface area contributed by atoms with Crippen LogP contribution in [0, 0.1) is 0 Å². The third-order valence-corrected chi connectivity index (χ3v) is 3.84. The molecule has 0 saturated heterocycles. The average Bonchev–Trinajstić information content (AvgIpc) is 2.48. The summed E-state index contributed by atoms with van der Waals surface area (Å²) in [5, 5.41) is -0.0752. The zero-order valence-electron chi connectivity index (χ0n) is 13.8. The number of halogens is 4. The second kappa shape index (κ2) is 8.37. The van der Waals surface area contributed by atoms with Crippen molar-refractivity contribution in [3.63, 3.8) is 0 Å². The molecule has 0 spiro atoms. The van der Waals surface area contributed by atoms with Gasteiger partial charge in [0.05, 0.1) is 11.3 Å². The molecule has 0 radical (unpaired) electrons. The predicted molar refractivity (Wildman–Crippen MR) is 87.0 cm³/mol. The summed E-state index contributed by atoms with van der Waals surface area (Å²) < 4.78 is 39.6. The minimum Gasteiger partial charge on any atom is -0.343 e. The van der Waals surface area contributed by atoms with Crippen molar-refractivity contribution in [2.45, 2.75) is 33.4 Å². The van der Waals surface area contributed by atoms with Gasteiger partial charge in [0.15, 0.2) is 0 Å². The third kappa shape index (κ3) is 5.12. The predicted octanol–water partition coefficient (Wildman–Crippen LogP) is 3.97. The van der Waals surface area contributed by atoms with E-state index < -0.39 is 17.6 Å². The van der Waals surface area contributed by atoms with Gasteiger partial charge in [-0.05, 0) is 32.0 Å². The highest BCUT2D eigenvalue weighted by Gasteiger charge is 2.36. The molecule has 24 heavy (non-hydrogen) atoms. The van der Waals surface area contributed by atoms with Gasteiger partial charge in [-0.25, -0.2) is 0 Å². The van der Waals surface area contributed by atoms with Crippen LogP contribution < -0.4 is 4.90 Å². The summed E-state index contributed by atoms with van der Waals surface area (Å²) in [5.41, 5.74) is -1.30. The number of hydrogen-bond donors (Lipinski definition) is 0.